The predicted molar refractivity (Wildman–Crippen MR) is 73.5 cm³/mol. The number of nitrogens with zero attached hydrogens (tertiary/aromatic N) is 1. The molecule has 1 saturated heterocycles. The number of benzene rings is 1. The van der Waals surface area contributed by atoms with E-state index in [9.17, 15) is 4.79 Å². The lowest BCUT2D eigenvalue weighted by Gasteiger charge is -2.32. The Kier molecular flexibility index (Phi) is 4.33. The van der Waals surface area contributed by atoms with E-state index in [0.29, 0.717) is 6.04 Å². The first-order valence-electron chi connectivity index (χ1n) is 6.46. The summed E-state index contributed by atoms with van der Waals surface area (Å²) in [6.45, 7) is 7.77. The Hall–Kier alpha value is -1.39. The highest BCUT2D eigenvalue weighted by Crippen LogP contribution is 2.17. The van der Waals surface area contributed by atoms with Gasteiger partial charge in [0.1, 0.15) is 0 Å². The van der Waals surface area contributed by atoms with Crippen LogP contribution in [0.5, 0.6) is 0 Å². The second-order valence-electron chi connectivity index (χ2n) is 4.93. The fourth-order valence-electron chi connectivity index (χ4n) is 2.37. The zero-order valence-electron chi connectivity index (χ0n) is 11.1. The maximum absolute atomic E-state index is 11.2. The van der Waals surface area contributed by atoms with Crippen molar-refractivity contribution in [3.8, 4) is 0 Å². The van der Waals surface area contributed by atoms with Crippen LogP contribution in [0.25, 0.3) is 0 Å². The molecule has 1 heterocycles. The van der Waals surface area contributed by atoms with Crippen molar-refractivity contribution < 1.29 is 4.79 Å². The van der Waals surface area contributed by atoms with Gasteiger partial charge in [0.15, 0.2) is 0 Å². The molecule has 0 saturated carbocycles. The van der Waals surface area contributed by atoms with Crippen molar-refractivity contribution in [3.63, 3.8) is 0 Å². The topological polar surface area (TPSA) is 44.4 Å². The third kappa shape index (κ3) is 3.55. The zero-order chi connectivity index (χ0) is 13.0. The van der Waals surface area contributed by atoms with Crippen LogP contribution >= 0.6 is 0 Å². The summed E-state index contributed by atoms with van der Waals surface area (Å²) in [6, 6.07) is 8.55. The van der Waals surface area contributed by atoms with Gasteiger partial charge in [0.2, 0.25) is 5.91 Å². The molecule has 2 rings (SSSR count). The lowest BCUT2D eigenvalue weighted by atomic mass is 10.1. The largest absolute Gasteiger partial charge is 0.326 e. The van der Waals surface area contributed by atoms with Gasteiger partial charge in [-0.3, -0.25) is 9.69 Å². The van der Waals surface area contributed by atoms with Crippen LogP contribution in [0.15, 0.2) is 24.3 Å². The summed E-state index contributed by atoms with van der Waals surface area (Å²) >= 11 is 0. The molecule has 4 heteroatoms. The summed E-state index contributed by atoms with van der Waals surface area (Å²) in [7, 11) is 0. The monoisotopic (exact) mass is 247 g/mol. The Labute approximate surface area is 108 Å². The highest BCUT2D eigenvalue weighted by Gasteiger charge is 2.16. The van der Waals surface area contributed by atoms with E-state index in [2.05, 4.69) is 28.5 Å². The molecule has 0 bridgehead atoms. The molecule has 0 aliphatic carbocycles. The summed E-state index contributed by atoms with van der Waals surface area (Å²) in [6.07, 6.45) is 0. The first kappa shape index (κ1) is 13.1. The molecule has 0 aromatic heterocycles. The summed E-state index contributed by atoms with van der Waals surface area (Å²) in [4.78, 5) is 13.6. The van der Waals surface area contributed by atoms with Crippen LogP contribution in [-0.4, -0.2) is 36.5 Å². The number of carbonyl (C=O) groups is 1. The molecule has 98 valence electrons. The third-order valence-corrected chi connectivity index (χ3v) is 3.17. The Morgan fingerprint density at radius 1 is 1.50 bits per heavy atom. The lowest BCUT2D eigenvalue weighted by molar-refractivity contribution is -0.114. The van der Waals surface area contributed by atoms with Gasteiger partial charge < -0.3 is 10.6 Å². The molecule has 1 amide bonds. The van der Waals surface area contributed by atoms with E-state index in [1.54, 1.807) is 6.92 Å². The van der Waals surface area contributed by atoms with Gasteiger partial charge in [-0.05, 0) is 18.6 Å². The van der Waals surface area contributed by atoms with E-state index in [-0.39, 0.29) is 5.91 Å². The molecule has 4 nitrogen and oxygen atoms in total. The molecule has 1 aliphatic rings. The first-order chi connectivity index (χ1) is 8.65. The maximum Gasteiger partial charge on any atom is 0.221 e. The molecular weight excluding hydrogens is 226 g/mol. The standard InChI is InChI=1S/C14H21N3O/c1-11-9-17(8-7-15-11)10-13-5-3-4-6-14(13)16-12(2)18/h3-6,11,15H,7-10H2,1-2H3,(H,16,18). The summed E-state index contributed by atoms with van der Waals surface area (Å²) in [5, 5.41) is 6.33. The van der Waals surface area contributed by atoms with E-state index in [1.165, 1.54) is 5.56 Å². The highest BCUT2D eigenvalue weighted by molar-refractivity contribution is 5.89. The lowest BCUT2D eigenvalue weighted by Crippen LogP contribution is -2.48. The van der Waals surface area contributed by atoms with Gasteiger partial charge in [0.05, 0.1) is 0 Å². The van der Waals surface area contributed by atoms with Gasteiger partial charge >= 0.3 is 0 Å². The second-order valence-corrected chi connectivity index (χ2v) is 4.93. The van der Waals surface area contributed by atoms with Crippen molar-refractivity contribution in [2.75, 3.05) is 25.0 Å². The second kappa shape index (κ2) is 5.98. The molecule has 0 spiro atoms. The number of hydrogen-bond donors (Lipinski definition) is 2. The number of hydrogen-bond acceptors (Lipinski definition) is 3. The van der Waals surface area contributed by atoms with E-state index in [4.69, 9.17) is 0 Å². The Balaban J connectivity index is 2.05. The summed E-state index contributed by atoms with van der Waals surface area (Å²) < 4.78 is 0. The van der Waals surface area contributed by atoms with Crippen LogP contribution in [0, 0.1) is 0 Å². The molecule has 1 atom stereocenters. The number of para-hydroxylation sites is 1. The van der Waals surface area contributed by atoms with Crippen LogP contribution in [0.2, 0.25) is 0 Å². The highest BCUT2D eigenvalue weighted by atomic mass is 16.1. The van der Waals surface area contributed by atoms with Crippen molar-refractivity contribution in [2.24, 2.45) is 0 Å². The fraction of sp³-hybridized carbons (Fsp3) is 0.500. The molecule has 1 aromatic rings. The SMILES string of the molecule is CC(=O)Nc1ccccc1CN1CCNC(C)C1. The van der Waals surface area contributed by atoms with Crippen molar-refractivity contribution in [3.05, 3.63) is 29.8 Å². The van der Waals surface area contributed by atoms with Gasteiger partial charge in [-0.15, -0.1) is 0 Å². The van der Waals surface area contributed by atoms with Crippen molar-refractivity contribution >= 4 is 11.6 Å². The Morgan fingerprint density at radius 2 is 2.28 bits per heavy atom. The van der Waals surface area contributed by atoms with Crippen LogP contribution in [0.4, 0.5) is 5.69 Å². The van der Waals surface area contributed by atoms with Gasteiger partial charge in [-0.1, -0.05) is 18.2 Å². The molecule has 0 radical (unpaired) electrons. The third-order valence-electron chi connectivity index (χ3n) is 3.17. The molecule has 2 N–H and O–H groups in total. The van der Waals surface area contributed by atoms with Crippen LogP contribution in [-0.2, 0) is 11.3 Å². The van der Waals surface area contributed by atoms with E-state index in [1.807, 2.05) is 18.2 Å². The van der Waals surface area contributed by atoms with Crippen molar-refractivity contribution in [2.45, 2.75) is 26.4 Å². The van der Waals surface area contributed by atoms with Crippen LogP contribution in [0.1, 0.15) is 19.4 Å². The number of nitrogens with one attached hydrogen (secondary N) is 2. The minimum Gasteiger partial charge on any atom is -0.326 e. The Morgan fingerprint density at radius 3 is 3.00 bits per heavy atom. The summed E-state index contributed by atoms with van der Waals surface area (Å²) in [5.41, 5.74) is 2.11. The molecule has 18 heavy (non-hydrogen) atoms. The van der Waals surface area contributed by atoms with Crippen LogP contribution in [0.3, 0.4) is 0 Å². The molecule has 1 aliphatic heterocycles. The van der Waals surface area contributed by atoms with Gasteiger partial charge in [0, 0.05) is 44.8 Å². The molecule has 1 fully saturated rings. The summed E-state index contributed by atoms with van der Waals surface area (Å²) in [5.74, 6) is -0.0175. The average Bonchev–Trinajstić information content (AvgIpc) is 2.31. The minimum absolute atomic E-state index is 0.0175. The average molecular weight is 247 g/mol. The van der Waals surface area contributed by atoms with Crippen molar-refractivity contribution in [1.29, 1.82) is 0 Å². The Bertz CT molecular complexity index is 419. The fourth-order valence-corrected chi connectivity index (χ4v) is 2.37. The van der Waals surface area contributed by atoms with Gasteiger partial charge in [-0.2, -0.15) is 0 Å². The van der Waals surface area contributed by atoms with E-state index >= 15 is 0 Å². The first-order valence-corrected chi connectivity index (χ1v) is 6.46. The molecular formula is C14H21N3O. The number of anilines is 1. The molecule has 1 unspecified atom stereocenters. The number of amides is 1. The molecule has 1 aromatic carbocycles. The maximum atomic E-state index is 11.2. The minimum atomic E-state index is -0.0175. The zero-order valence-corrected chi connectivity index (χ0v) is 11.1. The van der Waals surface area contributed by atoms with E-state index < -0.39 is 0 Å². The number of carbonyl (C=O) groups excluding carboxylic acids is 1. The quantitative estimate of drug-likeness (QED) is 0.849. The van der Waals surface area contributed by atoms with Gasteiger partial charge in [0.25, 0.3) is 0 Å². The number of rotatable bonds is 3. The van der Waals surface area contributed by atoms with Gasteiger partial charge in [-0.25, -0.2) is 0 Å². The van der Waals surface area contributed by atoms with Crippen LogP contribution < -0.4 is 10.6 Å². The smallest absolute Gasteiger partial charge is 0.221 e. The van der Waals surface area contributed by atoms with E-state index in [0.717, 1.165) is 31.9 Å². The predicted octanol–water partition coefficient (Wildman–Crippen LogP) is 1.44. The number of piperazine rings is 1. The van der Waals surface area contributed by atoms with Crippen molar-refractivity contribution in [1.82, 2.24) is 10.2 Å². The normalized spacial score (nSPS) is 20.7.